The van der Waals surface area contributed by atoms with Gasteiger partial charge in [0.15, 0.2) is 5.15 Å². The first-order valence-corrected chi connectivity index (χ1v) is 8.49. The minimum absolute atomic E-state index is 0.120. The van der Waals surface area contributed by atoms with Crippen LogP contribution in [0.3, 0.4) is 0 Å². The average Bonchev–Trinajstić information content (AvgIpc) is 2.95. The van der Waals surface area contributed by atoms with Crippen LogP contribution < -0.4 is 0 Å². The van der Waals surface area contributed by atoms with E-state index in [1.807, 2.05) is 28.8 Å². The number of carbonyl (C=O) groups excluding carboxylic acids is 2. The third-order valence-electron chi connectivity index (χ3n) is 4.02. The molecule has 0 unspecified atom stereocenters. The SMILES string of the molecule is CCOC(=O)N1CCN(C(=O)/C=C/c2c(Cl)nc3ccccn23)CC1. The molecular weight excluding hydrogens is 344 g/mol. The number of halogens is 1. The highest BCUT2D eigenvalue weighted by atomic mass is 35.5. The van der Waals surface area contributed by atoms with Crippen LogP contribution >= 0.6 is 11.6 Å². The Morgan fingerprint density at radius 1 is 1.24 bits per heavy atom. The second-order valence-corrected chi connectivity index (χ2v) is 5.92. The summed E-state index contributed by atoms with van der Waals surface area (Å²) in [5.74, 6) is -0.120. The molecule has 25 heavy (non-hydrogen) atoms. The lowest BCUT2D eigenvalue weighted by Gasteiger charge is -2.33. The predicted octanol–water partition coefficient (Wildman–Crippen LogP) is 2.30. The number of rotatable bonds is 3. The van der Waals surface area contributed by atoms with Crippen LogP contribution in [0.4, 0.5) is 4.79 Å². The minimum Gasteiger partial charge on any atom is -0.450 e. The van der Waals surface area contributed by atoms with Gasteiger partial charge in [0.1, 0.15) is 5.65 Å². The topological polar surface area (TPSA) is 67.2 Å². The molecule has 3 rings (SSSR count). The van der Waals surface area contributed by atoms with E-state index >= 15 is 0 Å². The summed E-state index contributed by atoms with van der Waals surface area (Å²) in [7, 11) is 0. The molecule has 3 heterocycles. The Kier molecular flexibility index (Phi) is 5.23. The summed E-state index contributed by atoms with van der Waals surface area (Å²) in [6.07, 6.45) is 4.67. The number of pyridine rings is 1. The second-order valence-electron chi connectivity index (χ2n) is 5.56. The highest BCUT2D eigenvalue weighted by Gasteiger charge is 2.23. The number of imidazole rings is 1. The first-order chi connectivity index (χ1) is 12.1. The fraction of sp³-hybridized carbons (Fsp3) is 0.353. The Bertz CT molecular complexity index is 809. The second kappa shape index (κ2) is 7.57. The molecule has 2 aromatic heterocycles. The van der Waals surface area contributed by atoms with E-state index in [9.17, 15) is 9.59 Å². The van der Waals surface area contributed by atoms with Crippen LogP contribution in [0.1, 0.15) is 12.6 Å². The zero-order valence-corrected chi connectivity index (χ0v) is 14.6. The molecule has 0 spiro atoms. The number of piperazine rings is 1. The molecule has 0 bridgehead atoms. The Labute approximate surface area is 150 Å². The van der Waals surface area contributed by atoms with Gasteiger partial charge in [0, 0.05) is 38.5 Å². The van der Waals surface area contributed by atoms with Crippen molar-refractivity contribution in [1.29, 1.82) is 0 Å². The smallest absolute Gasteiger partial charge is 0.409 e. The lowest BCUT2D eigenvalue weighted by atomic mass is 10.3. The molecule has 2 amide bonds. The van der Waals surface area contributed by atoms with Gasteiger partial charge in [-0.15, -0.1) is 0 Å². The molecule has 0 saturated carbocycles. The van der Waals surface area contributed by atoms with Crippen LogP contribution in [0.15, 0.2) is 30.5 Å². The van der Waals surface area contributed by atoms with Crippen LogP contribution in [0.5, 0.6) is 0 Å². The molecule has 0 N–H and O–H groups in total. The van der Waals surface area contributed by atoms with E-state index in [0.29, 0.717) is 43.6 Å². The van der Waals surface area contributed by atoms with Crippen molar-refractivity contribution in [3.63, 3.8) is 0 Å². The van der Waals surface area contributed by atoms with Gasteiger partial charge in [0.2, 0.25) is 5.91 Å². The average molecular weight is 363 g/mol. The van der Waals surface area contributed by atoms with Crippen LogP contribution in [0, 0.1) is 0 Å². The van der Waals surface area contributed by atoms with E-state index in [4.69, 9.17) is 16.3 Å². The molecule has 0 atom stereocenters. The van der Waals surface area contributed by atoms with E-state index < -0.39 is 0 Å². The van der Waals surface area contributed by atoms with Crippen LogP contribution in [0.2, 0.25) is 5.15 Å². The number of hydrogen-bond acceptors (Lipinski definition) is 4. The summed E-state index contributed by atoms with van der Waals surface area (Å²) in [6, 6.07) is 5.60. The van der Waals surface area contributed by atoms with Crippen molar-refractivity contribution in [2.24, 2.45) is 0 Å². The molecule has 0 radical (unpaired) electrons. The highest BCUT2D eigenvalue weighted by molar-refractivity contribution is 6.31. The number of amides is 2. The standard InChI is InChI=1S/C17H19ClN4O3/c1-2-25-17(24)21-11-9-20(10-12-21)15(23)7-6-13-16(18)19-14-5-3-4-8-22(13)14/h3-8H,2,9-12H2,1H3/b7-6+. The van der Waals surface area contributed by atoms with Crippen molar-refractivity contribution in [2.75, 3.05) is 32.8 Å². The zero-order valence-electron chi connectivity index (χ0n) is 13.9. The summed E-state index contributed by atoms with van der Waals surface area (Å²) in [4.78, 5) is 31.6. The molecule has 0 aliphatic carbocycles. The van der Waals surface area contributed by atoms with Crippen LogP contribution in [0.25, 0.3) is 11.7 Å². The maximum atomic E-state index is 12.4. The lowest BCUT2D eigenvalue weighted by Crippen LogP contribution is -2.50. The van der Waals surface area contributed by atoms with Gasteiger partial charge in [0.05, 0.1) is 12.3 Å². The third kappa shape index (κ3) is 3.76. The molecule has 1 aliphatic heterocycles. The molecule has 1 saturated heterocycles. The summed E-state index contributed by atoms with van der Waals surface area (Å²) >= 11 is 6.15. The molecule has 1 aliphatic rings. The number of hydrogen-bond donors (Lipinski definition) is 0. The summed E-state index contributed by atoms with van der Waals surface area (Å²) < 4.78 is 6.80. The minimum atomic E-state index is -0.331. The maximum Gasteiger partial charge on any atom is 0.409 e. The number of carbonyl (C=O) groups is 2. The number of nitrogens with zero attached hydrogens (tertiary/aromatic N) is 4. The van der Waals surface area contributed by atoms with Crippen molar-refractivity contribution >= 4 is 35.3 Å². The van der Waals surface area contributed by atoms with Gasteiger partial charge in [-0.25, -0.2) is 9.78 Å². The van der Waals surface area contributed by atoms with Crippen LogP contribution in [-0.4, -0.2) is 64.0 Å². The van der Waals surface area contributed by atoms with E-state index in [2.05, 4.69) is 4.98 Å². The fourth-order valence-electron chi connectivity index (χ4n) is 2.72. The van der Waals surface area contributed by atoms with E-state index in [1.54, 1.807) is 22.8 Å². The Morgan fingerprint density at radius 3 is 2.68 bits per heavy atom. The van der Waals surface area contributed by atoms with Gasteiger partial charge in [-0.2, -0.15) is 0 Å². The van der Waals surface area contributed by atoms with Crippen LogP contribution in [-0.2, 0) is 9.53 Å². The summed E-state index contributed by atoms with van der Waals surface area (Å²) in [6.45, 7) is 4.00. The van der Waals surface area contributed by atoms with E-state index in [1.165, 1.54) is 6.08 Å². The van der Waals surface area contributed by atoms with E-state index in [-0.39, 0.29) is 12.0 Å². The Balaban J connectivity index is 1.64. The normalized spacial score (nSPS) is 15.1. The number of aromatic nitrogens is 2. The van der Waals surface area contributed by atoms with Gasteiger partial charge in [-0.3, -0.25) is 9.20 Å². The Hall–Kier alpha value is -2.54. The molecule has 132 valence electrons. The van der Waals surface area contributed by atoms with Crippen molar-refractivity contribution in [1.82, 2.24) is 19.2 Å². The molecule has 7 nitrogen and oxygen atoms in total. The lowest BCUT2D eigenvalue weighted by molar-refractivity contribution is -0.127. The largest absolute Gasteiger partial charge is 0.450 e. The molecular formula is C17H19ClN4O3. The summed E-state index contributed by atoms with van der Waals surface area (Å²) in [5, 5.41) is 0.349. The van der Waals surface area contributed by atoms with Gasteiger partial charge in [-0.05, 0) is 25.1 Å². The summed E-state index contributed by atoms with van der Waals surface area (Å²) in [5.41, 5.74) is 1.39. The van der Waals surface area contributed by atoms with Gasteiger partial charge >= 0.3 is 6.09 Å². The fourth-order valence-corrected chi connectivity index (χ4v) is 2.96. The predicted molar refractivity (Wildman–Crippen MR) is 94.4 cm³/mol. The molecule has 0 aromatic carbocycles. The maximum absolute atomic E-state index is 12.4. The van der Waals surface area contributed by atoms with Crippen molar-refractivity contribution < 1.29 is 14.3 Å². The number of fused-ring (bicyclic) bond motifs is 1. The third-order valence-corrected chi connectivity index (χ3v) is 4.30. The van der Waals surface area contributed by atoms with Crippen molar-refractivity contribution in [3.8, 4) is 0 Å². The van der Waals surface area contributed by atoms with Gasteiger partial charge < -0.3 is 14.5 Å². The van der Waals surface area contributed by atoms with Gasteiger partial charge in [0.25, 0.3) is 0 Å². The zero-order chi connectivity index (χ0) is 17.8. The van der Waals surface area contributed by atoms with E-state index in [0.717, 1.165) is 5.65 Å². The quantitative estimate of drug-likeness (QED) is 0.786. The molecule has 8 heteroatoms. The number of ether oxygens (including phenoxy) is 1. The highest BCUT2D eigenvalue weighted by Crippen LogP contribution is 2.19. The first-order valence-electron chi connectivity index (χ1n) is 8.11. The molecule has 2 aromatic rings. The first kappa shape index (κ1) is 17.3. The van der Waals surface area contributed by atoms with Gasteiger partial charge in [-0.1, -0.05) is 17.7 Å². The van der Waals surface area contributed by atoms with Crippen molar-refractivity contribution in [2.45, 2.75) is 6.92 Å². The van der Waals surface area contributed by atoms with Crippen molar-refractivity contribution in [3.05, 3.63) is 41.3 Å². The molecule has 1 fully saturated rings. The monoisotopic (exact) mass is 362 g/mol. The Morgan fingerprint density at radius 2 is 1.96 bits per heavy atom.